The number of fused-ring (bicyclic) bond motifs is 1. The molecule has 0 spiro atoms. The summed E-state index contributed by atoms with van der Waals surface area (Å²) >= 11 is 0. The Kier molecular flexibility index (Phi) is 3.45. The van der Waals surface area contributed by atoms with Crippen LogP contribution in [0.2, 0.25) is 0 Å². The van der Waals surface area contributed by atoms with E-state index in [1.54, 1.807) is 24.0 Å². The van der Waals surface area contributed by atoms with E-state index in [0.29, 0.717) is 24.3 Å². The predicted molar refractivity (Wildman–Crippen MR) is 87.7 cm³/mol. The van der Waals surface area contributed by atoms with Crippen molar-refractivity contribution >= 4 is 11.7 Å². The third kappa shape index (κ3) is 2.50. The molecule has 2 aliphatic rings. The van der Waals surface area contributed by atoms with E-state index in [-0.39, 0.29) is 11.9 Å². The number of nitrogens with zero attached hydrogens (tertiary/aromatic N) is 5. The van der Waals surface area contributed by atoms with Gasteiger partial charge >= 0.3 is 0 Å². The molecule has 0 atom stereocenters. The van der Waals surface area contributed by atoms with E-state index in [0.717, 1.165) is 30.8 Å². The van der Waals surface area contributed by atoms with Crippen LogP contribution in [0, 0.1) is 11.3 Å². The smallest absolute Gasteiger partial charge is 0.272 e. The summed E-state index contributed by atoms with van der Waals surface area (Å²) in [6, 6.07) is 5.98. The van der Waals surface area contributed by atoms with Crippen LogP contribution >= 0.6 is 0 Å². The molecule has 4 rings (SSSR count). The van der Waals surface area contributed by atoms with Crippen molar-refractivity contribution in [3.63, 3.8) is 0 Å². The monoisotopic (exact) mass is 322 g/mol. The number of rotatable bonds is 3. The minimum atomic E-state index is -0.164. The maximum absolute atomic E-state index is 12.1. The van der Waals surface area contributed by atoms with Gasteiger partial charge in [-0.05, 0) is 37.0 Å². The second kappa shape index (κ2) is 5.64. The van der Waals surface area contributed by atoms with Crippen LogP contribution in [0.1, 0.15) is 33.7 Å². The van der Waals surface area contributed by atoms with Gasteiger partial charge in [0.2, 0.25) is 0 Å². The molecule has 7 heteroatoms. The van der Waals surface area contributed by atoms with Crippen molar-refractivity contribution in [2.45, 2.75) is 25.3 Å². The van der Waals surface area contributed by atoms with Crippen molar-refractivity contribution < 1.29 is 4.79 Å². The third-order valence-electron chi connectivity index (χ3n) is 4.61. The second-order valence-electron chi connectivity index (χ2n) is 6.38. The van der Waals surface area contributed by atoms with Crippen LogP contribution in [-0.2, 0) is 19.9 Å². The molecule has 0 radical (unpaired) electrons. The summed E-state index contributed by atoms with van der Waals surface area (Å²) < 4.78 is 1.61. The molecule has 2 aromatic rings. The van der Waals surface area contributed by atoms with Crippen molar-refractivity contribution in [1.82, 2.24) is 20.1 Å². The van der Waals surface area contributed by atoms with Crippen molar-refractivity contribution in [3.8, 4) is 6.07 Å². The highest BCUT2D eigenvalue weighted by molar-refractivity contribution is 5.92. The van der Waals surface area contributed by atoms with Gasteiger partial charge in [0, 0.05) is 32.0 Å². The Morgan fingerprint density at radius 3 is 2.96 bits per heavy atom. The Labute approximate surface area is 139 Å². The van der Waals surface area contributed by atoms with Gasteiger partial charge < -0.3 is 10.2 Å². The van der Waals surface area contributed by atoms with E-state index in [1.165, 1.54) is 5.56 Å². The summed E-state index contributed by atoms with van der Waals surface area (Å²) in [6.07, 6.45) is 4.86. The highest BCUT2D eigenvalue weighted by Crippen LogP contribution is 2.29. The lowest BCUT2D eigenvalue weighted by molar-refractivity contribution is 0.0924. The van der Waals surface area contributed by atoms with Gasteiger partial charge in [0.1, 0.15) is 17.6 Å². The Morgan fingerprint density at radius 2 is 2.25 bits per heavy atom. The molecule has 1 aliphatic heterocycles. The van der Waals surface area contributed by atoms with Crippen LogP contribution in [0.5, 0.6) is 0 Å². The van der Waals surface area contributed by atoms with Gasteiger partial charge in [-0.15, -0.1) is 0 Å². The fourth-order valence-corrected chi connectivity index (χ4v) is 3.32. The summed E-state index contributed by atoms with van der Waals surface area (Å²) in [7, 11) is 1.78. The number of nitrogens with one attached hydrogen (secondary N) is 1. The molecule has 0 bridgehead atoms. The summed E-state index contributed by atoms with van der Waals surface area (Å²) in [5.74, 6) is 0.587. The zero-order valence-corrected chi connectivity index (χ0v) is 13.5. The van der Waals surface area contributed by atoms with Crippen molar-refractivity contribution in [2.24, 2.45) is 7.05 Å². The molecule has 122 valence electrons. The van der Waals surface area contributed by atoms with E-state index in [9.17, 15) is 10.1 Å². The molecule has 3 heterocycles. The van der Waals surface area contributed by atoms with Gasteiger partial charge in [0.25, 0.3) is 5.91 Å². The molecule has 1 aliphatic carbocycles. The Bertz CT molecular complexity index is 843. The van der Waals surface area contributed by atoms with Gasteiger partial charge in [-0.2, -0.15) is 10.4 Å². The van der Waals surface area contributed by atoms with Gasteiger partial charge in [-0.3, -0.25) is 9.48 Å². The van der Waals surface area contributed by atoms with Crippen molar-refractivity contribution in [1.29, 1.82) is 5.26 Å². The Morgan fingerprint density at radius 1 is 1.42 bits per heavy atom. The van der Waals surface area contributed by atoms with Crippen LogP contribution < -0.4 is 10.2 Å². The van der Waals surface area contributed by atoms with Crippen molar-refractivity contribution in [3.05, 3.63) is 40.8 Å². The number of amides is 1. The lowest BCUT2D eigenvalue weighted by atomic mass is 10.1. The first-order valence-corrected chi connectivity index (χ1v) is 8.12. The molecule has 0 unspecified atom stereocenters. The molecule has 1 saturated heterocycles. The van der Waals surface area contributed by atoms with Crippen LogP contribution in [0.25, 0.3) is 0 Å². The number of nitriles is 1. The third-order valence-corrected chi connectivity index (χ3v) is 4.61. The van der Waals surface area contributed by atoms with E-state index in [2.05, 4.69) is 21.4 Å². The summed E-state index contributed by atoms with van der Waals surface area (Å²) in [5, 5.41) is 16.5. The van der Waals surface area contributed by atoms with Crippen LogP contribution in [-0.4, -0.2) is 39.8 Å². The molecule has 24 heavy (non-hydrogen) atoms. The molecule has 1 fully saturated rings. The number of carbonyl (C=O) groups excluding carboxylic acids is 1. The minimum Gasteiger partial charge on any atom is -0.351 e. The molecule has 2 aromatic heterocycles. The van der Waals surface area contributed by atoms with Crippen LogP contribution in [0.3, 0.4) is 0 Å². The first kappa shape index (κ1) is 14.7. The molecular weight excluding hydrogens is 304 g/mol. The Hall–Kier alpha value is -2.88. The largest absolute Gasteiger partial charge is 0.351 e. The average molecular weight is 322 g/mol. The predicted octanol–water partition coefficient (Wildman–Crippen LogP) is 0.794. The first-order valence-electron chi connectivity index (χ1n) is 8.12. The SMILES string of the molecule is Cn1ccc(C(=O)NC2CN(c3nc4c(cc3C#N)CCC4)C2)n1. The molecule has 0 saturated carbocycles. The van der Waals surface area contributed by atoms with E-state index < -0.39 is 0 Å². The maximum Gasteiger partial charge on any atom is 0.272 e. The summed E-state index contributed by atoms with van der Waals surface area (Å²) in [4.78, 5) is 18.9. The normalized spacial score (nSPS) is 16.4. The van der Waals surface area contributed by atoms with Gasteiger partial charge in [0.05, 0.1) is 11.6 Å². The molecule has 0 aromatic carbocycles. The number of hydrogen-bond donors (Lipinski definition) is 1. The number of aryl methyl sites for hydroxylation is 3. The lowest BCUT2D eigenvalue weighted by Crippen LogP contribution is -2.60. The number of anilines is 1. The number of hydrogen-bond acceptors (Lipinski definition) is 5. The zero-order valence-electron chi connectivity index (χ0n) is 13.5. The maximum atomic E-state index is 12.1. The quantitative estimate of drug-likeness (QED) is 0.903. The first-order chi connectivity index (χ1) is 11.6. The van der Waals surface area contributed by atoms with Gasteiger partial charge in [-0.25, -0.2) is 4.98 Å². The number of carbonyl (C=O) groups is 1. The summed E-state index contributed by atoms with van der Waals surface area (Å²) in [6.45, 7) is 1.33. The standard InChI is InChI=1S/C17H18N6O/c1-22-6-5-15(21-22)17(24)19-13-9-23(10-13)16-12(8-18)7-11-3-2-4-14(11)20-16/h5-7,13H,2-4,9-10H2,1H3,(H,19,24). The fraction of sp³-hybridized carbons (Fsp3) is 0.412. The average Bonchev–Trinajstić information content (AvgIpc) is 3.17. The Balaban J connectivity index is 1.43. The number of aromatic nitrogens is 3. The number of pyridine rings is 1. The van der Waals surface area contributed by atoms with Crippen LogP contribution in [0.15, 0.2) is 18.3 Å². The van der Waals surface area contributed by atoms with Gasteiger partial charge in [-0.1, -0.05) is 0 Å². The van der Waals surface area contributed by atoms with E-state index >= 15 is 0 Å². The van der Waals surface area contributed by atoms with Gasteiger partial charge in [0.15, 0.2) is 0 Å². The topological polar surface area (TPSA) is 86.8 Å². The molecule has 1 N–H and O–H groups in total. The van der Waals surface area contributed by atoms with Crippen molar-refractivity contribution in [2.75, 3.05) is 18.0 Å². The minimum absolute atomic E-state index is 0.0566. The molecule has 1 amide bonds. The molecular formula is C17H18N6O. The fourth-order valence-electron chi connectivity index (χ4n) is 3.32. The zero-order chi connectivity index (χ0) is 16.7. The van der Waals surface area contributed by atoms with E-state index in [1.807, 2.05) is 6.07 Å². The highest BCUT2D eigenvalue weighted by atomic mass is 16.2. The van der Waals surface area contributed by atoms with E-state index in [4.69, 9.17) is 4.98 Å². The van der Waals surface area contributed by atoms with Crippen LogP contribution in [0.4, 0.5) is 5.82 Å². The second-order valence-corrected chi connectivity index (χ2v) is 6.38. The summed E-state index contributed by atoms with van der Waals surface area (Å²) in [5.41, 5.74) is 3.37. The highest BCUT2D eigenvalue weighted by Gasteiger charge is 2.32. The molecule has 7 nitrogen and oxygen atoms in total. The lowest BCUT2D eigenvalue weighted by Gasteiger charge is -2.40.